The van der Waals surface area contributed by atoms with Gasteiger partial charge < -0.3 is 9.32 Å². The molecule has 0 radical (unpaired) electrons. The fraction of sp³-hybridized carbons (Fsp3) is 0.0270. The Balaban J connectivity index is 0.947. The molecule has 1 heterocycles. The summed E-state index contributed by atoms with van der Waals surface area (Å²) >= 11 is 0. The van der Waals surface area contributed by atoms with E-state index >= 15 is 0 Å². The second-order valence-electron chi connectivity index (χ2n) is 20.7. The van der Waals surface area contributed by atoms with Gasteiger partial charge in [0.15, 0.2) is 0 Å². The highest BCUT2D eigenvalue weighted by Crippen LogP contribution is 2.60. The highest BCUT2D eigenvalue weighted by atomic mass is 16.3. The van der Waals surface area contributed by atoms with Crippen LogP contribution in [0.3, 0.4) is 0 Å². The third kappa shape index (κ3) is 5.98. The van der Waals surface area contributed by atoms with Gasteiger partial charge in [0.2, 0.25) is 0 Å². The largest absolute Gasteiger partial charge is 0.464 e. The van der Waals surface area contributed by atoms with Crippen LogP contribution in [-0.4, -0.2) is 0 Å². The fourth-order valence-corrected chi connectivity index (χ4v) is 13.9. The Hall–Kier alpha value is -9.76. The molecule has 0 unspecified atom stereocenters. The highest BCUT2D eigenvalue weighted by molar-refractivity contribution is 6.24. The zero-order valence-corrected chi connectivity index (χ0v) is 41.5. The number of anilines is 3. The highest BCUT2D eigenvalue weighted by Gasteiger charge is 2.48. The Bertz CT molecular complexity index is 4430. The molecule has 0 bridgehead atoms. The SMILES string of the molecule is c1ccc(C2(c3ccccc3)c3ccccc3-c3cc(N(c4ccc5c(c4)C(c4ccccc4)(c4ccccc4)c4ccccc4-5)c4cc5ccc6cc(-c7ccc8occc8c7)cc7ccc(c4)c5c67)ccc32)cc1. The Kier molecular flexibility index (Phi) is 9.20. The van der Waals surface area contributed by atoms with Gasteiger partial charge in [-0.3, -0.25) is 0 Å². The number of benzene rings is 13. The van der Waals surface area contributed by atoms with E-state index in [4.69, 9.17) is 4.42 Å². The van der Waals surface area contributed by atoms with Crippen LogP contribution in [0.5, 0.6) is 0 Å². The first-order valence-electron chi connectivity index (χ1n) is 26.4. The van der Waals surface area contributed by atoms with Gasteiger partial charge in [-0.1, -0.05) is 212 Å². The number of hydrogen-bond acceptors (Lipinski definition) is 2. The number of nitrogens with zero attached hydrogens (tertiary/aromatic N) is 1. The molecular weight excluding hydrogens is 919 g/mol. The van der Waals surface area contributed by atoms with Gasteiger partial charge >= 0.3 is 0 Å². The van der Waals surface area contributed by atoms with Crippen LogP contribution >= 0.6 is 0 Å². The molecule has 0 saturated heterocycles. The average Bonchev–Trinajstić information content (AvgIpc) is 4.29. The number of fused-ring (bicyclic) bond motifs is 7. The van der Waals surface area contributed by atoms with Crippen molar-refractivity contribution in [2.24, 2.45) is 0 Å². The fourth-order valence-electron chi connectivity index (χ4n) is 13.9. The Morgan fingerprint density at radius 1 is 0.263 bits per heavy atom. The lowest BCUT2D eigenvalue weighted by Crippen LogP contribution is -2.29. The van der Waals surface area contributed by atoms with Crippen molar-refractivity contribution in [1.82, 2.24) is 0 Å². The van der Waals surface area contributed by atoms with Gasteiger partial charge in [-0.2, -0.15) is 0 Å². The van der Waals surface area contributed by atoms with Crippen LogP contribution < -0.4 is 4.90 Å². The van der Waals surface area contributed by atoms with Crippen molar-refractivity contribution in [2.45, 2.75) is 10.8 Å². The second-order valence-corrected chi connectivity index (χ2v) is 20.7. The van der Waals surface area contributed by atoms with Crippen molar-refractivity contribution in [3.8, 4) is 33.4 Å². The van der Waals surface area contributed by atoms with Crippen LogP contribution in [0.1, 0.15) is 44.5 Å². The molecule has 76 heavy (non-hydrogen) atoms. The Morgan fingerprint density at radius 2 is 0.697 bits per heavy atom. The molecule has 0 aliphatic heterocycles. The average molecular weight is 966 g/mol. The molecule has 0 amide bonds. The molecule has 2 nitrogen and oxygen atoms in total. The molecule has 2 aliphatic carbocycles. The van der Waals surface area contributed by atoms with Gasteiger partial charge in [-0.15, -0.1) is 0 Å². The van der Waals surface area contributed by atoms with E-state index in [1.54, 1.807) is 6.26 Å². The predicted molar refractivity (Wildman–Crippen MR) is 315 cm³/mol. The summed E-state index contributed by atoms with van der Waals surface area (Å²) in [4.78, 5) is 2.52. The molecule has 0 N–H and O–H groups in total. The number of hydrogen-bond donors (Lipinski definition) is 0. The maximum Gasteiger partial charge on any atom is 0.133 e. The monoisotopic (exact) mass is 965 g/mol. The van der Waals surface area contributed by atoms with Gasteiger partial charge in [-0.05, 0) is 177 Å². The van der Waals surface area contributed by atoms with E-state index in [-0.39, 0.29) is 0 Å². The summed E-state index contributed by atoms with van der Waals surface area (Å²) in [7, 11) is 0. The van der Waals surface area contributed by atoms with Gasteiger partial charge in [0.25, 0.3) is 0 Å². The number of furan rings is 1. The minimum Gasteiger partial charge on any atom is -0.464 e. The molecule has 16 rings (SSSR count). The Morgan fingerprint density at radius 3 is 1.26 bits per heavy atom. The van der Waals surface area contributed by atoms with Crippen LogP contribution in [-0.2, 0) is 10.8 Å². The lowest BCUT2D eigenvalue weighted by atomic mass is 9.67. The molecule has 0 saturated carbocycles. The van der Waals surface area contributed by atoms with Crippen LogP contribution in [0.25, 0.3) is 76.7 Å². The molecule has 13 aromatic carbocycles. The summed E-state index contributed by atoms with van der Waals surface area (Å²) in [5.74, 6) is 0. The summed E-state index contributed by atoms with van der Waals surface area (Å²) in [5.41, 5.74) is 20.7. The minimum absolute atomic E-state index is 0.509. The molecule has 354 valence electrons. The van der Waals surface area contributed by atoms with Crippen molar-refractivity contribution in [3.05, 3.63) is 330 Å². The molecule has 1 aromatic heterocycles. The van der Waals surface area contributed by atoms with Gasteiger partial charge in [0.1, 0.15) is 5.58 Å². The first-order chi connectivity index (χ1) is 37.7. The first kappa shape index (κ1) is 42.7. The molecule has 2 aliphatic rings. The maximum absolute atomic E-state index is 5.70. The third-order valence-electron chi connectivity index (χ3n) is 17.0. The smallest absolute Gasteiger partial charge is 0.133 e. The lowest BCUT2D eigenvalue weighted by molar-refractivity contribution is 0.616. The quantitative estimate of drug-likeness (QED) is 0.141. The normalized spacial score (nSPS) is 13.7. The molecule has 0 spiro atoms. The molecule has 0 fully saturated rings. The van der Waals surface area contributed by atoms with Crippen LogP contribution in [0.15, 0.2) is 290 Å². The third-order valence-corrected chi connectivity index (χ3v) is 17.0. The van der Waals surface area contributed by atoms with Crippen LogP contribution in [0, 0.1) is 0 Å². The van der Waals surface area contributed by atoms with Crippen molar-refractivity contribution in [3.63, 3.8) is 0 Å². The molecule has 0 atom stereocenters. The summed E-state index contributed by atoms with van der Waals surface area (Å²) in [5, 5.41) is 8.56. The molecule has 14 aromatic rings. The second kappa shape index (κ2) is 16.4. The summed E-state index contributed by atoms with van der Waals surface area (Å²) in [6.07, 6.45) is 1.77. The van der Waals surface area contributed by atoms with E-state index in [1.807, 2.05) is 6.07 Å². The van der Waals surface area contributed by atoms with E-state index in [0.29, 0.717) is 0 Å². The molecule has 2 heteroatoms. The van der Waals surface area contributed by atoms with Crippen molar-refractivity contribution in [1.29, 1.82) is 0 Å². The van der Waals surface area contributed by atoms with Crippen molar-refractivity contribution >= 4 is 60.3 Å². The molecular formula is C74H47NO. The minimum atomic E-state index is -0.561. The van der Waals surface area contributed by atoms with Gasteiger partial charge in [-0.25, -0.2) is 0 Å². The van der Waals surface area contributed by atoms with E-state index < -0.39 is 10.8 Å². The summed E-state index contributed by atoms with van der Waals surface area (Å²) < 4.78 is 5.70. The van der Waals surface area contributed by atoms with Crippen LogP contribution in [0.2, 0.25) is 0 Å². The first-order valence-corrected chi connectivity index (χ1v) is 26.4. The van der Waals surface area contributed by atoms with E-state index in [2.05, 4.69) is 278 Å². The lowest BCUT2D eigenvalue weighted by Gasteiger charge is -2.35. The van der Waals surface area contributed by atoms with Gasteiger partial charge in [0, 0.05) is 22.4 Å². The van der Waals surface area contributed by atoms with E-state index in [9.17, 15) is 0 Å². The Labute approximate surface area is 441 Å². The summed E-state index contributed by atoms with van der Waals surface area (Å²) in [6.45, 7) is 0. The van der Waals surface area contributed by atoms with E-state index in [1.165, 1.54) is 110 Å². The summed E-state index contributed by atoms with van der Waals surface area (Å²) in [6, 6.07) is 104. The maximum atomic E-state index is 5.70. The van der Waals surface area contributed by atoms with Crippen molar-refractivity contribution < 1.29 is 4.42 Å². The number of rotatable bonds is 8. The predicted octanol–water partition coefficient (Wildman–Crippen LogP) is 19.2. The standard InChI is InChI=1S/C74H47NO/c1-5-17-55(18-6-1)73(56-19-7-2-8-20-56)67-28-16-14-26-63(67)65-46-59(35-37-68(65)73)75(60-34-36-64-62-25-13-15-27-66(62)74(69(64)47-60,57-21-9-3-10-22-57)58-23-11-4-12-24-58)61-44-52-31-29-50-42-54(48-33-38-70-49(41-48)39-40-76-70)43-51-30-32-53(45-61)72(52)71(50)51/h1-47H. The van der Waals surface area contributed by atoms with E-state index in [0.717, 1.165) is 28.0 Å². The van der Waals surface area contributed by atoms with Crippen molar-refractivity contribution in [2.75, 3.05) is 4.90 Å². The van der Waals surface area contributed by atoms with Crippen LogP contribution in [0.4, 0.5) is 17.1 Å². The zero-order chi connectivity index (χ0) is 50.0. The van der Waals surface area contributed by atoms with Gasteiger partial charge in [0.05, 0.1) is 17.1 Å². The topological polar surface area (TPSA) is 16.4 Å². The zero-order valence-electron chi connectivity index (χ0n) is 41.5.